The fourth-order valence-corrected chi connectivity index (χ4v) is 3.47. The van der Waals surface area contributed by atoms with Crippen molar-refractivity contribution in [3.8, 4) is 5.75 Å². The van der Waals surface area contributed by atoms with Crippen LogP contribution in [0.2, 0.25) is 0 Å². The van der Waals surface area contributed by atoms with Crippen molar-refractivity contribution in [3.05, 3.63) is 53.7 Å². The van der Waals surface area contributed by atoms with Gasteiger partial charge in [-0.25, -0.2) is 9.98 Å². The molecule has 1 fully saturated rings. The van der Waals surface area contributed by atoms with Gasteiger partial charge in [0.15, 0.2) is 5.96 Å². The van der Waals surface area contributed by atoms with E-state index < -0.39 is 6.10 Å². The highest BCUT2D eigenvalue weighted by Crippen LogP contribution is 2.20. The van der Waals surface area contributed by atoms with E-state index in [0.717, 1.165) is 42.3 Å². The lowest BCUT2D eigenvalue weighted by atomic mass is 10.1. The van der Waals surface area contributed by atoms with Crippen molar-refractivity contribution >= 4 is 11.8 Å². The van der Waals surface area contributed by atoms with Crippen LogP contribution in [-0.2, 0) is 11.3 Å². The zero-order valence-corrected chi connectivity index (χ0v) is 19.3. The summed E-state index contributed by atoms with van der Waals surface area (Å²) in [6.07, 6.45) is 1.28. The quantitative estimate of drug-likeness (QED) is 0.407. The summed E-state index contributed by atoms with van der Waals surface area (Å²) in [4.78, 5) is 11.5. The van der Waals surface area contributed by atoms with Gasteiger partial charge >= 0.3 is 0 Å². The van der Waals surface area contributed by atoms with Gasteiger partial charge in [-0.15, -0.1) is 0 Å². The van der Waals surface area contributed by atoms with E-state index in [9.17, 15) is 5.11 Å². The first-order valence-electron chi connectivity index (χ1n) is 11.3. The first-order chi connectivity index (χ1) is 15.6. The van der Waals surface area contributed by atoms with Gasteiger partial charge in [0, 0.05) is 37.9 Å². The van der Waals surface area contributed by atoms with Crippen LogP contribution in [-0.4, -0.2) is 61.5 Å². The molecule has 8 nitrogen and oxygen atoms in total. The number of benzene rings is 1. The zero-order valence-electron chi connectivity index (χ0n) is 19.3. The summed E-state index contributed by atoms with van der Waals surface area (Å²) in [6, 6.07) is 11.5. The van der Waals surface area contributed by atoms with E-state index in [0.29, 0.717) is 32.3 Å². The molecule has 2 aromatic rings. The van der Waals surface area contributed by atoms with E-state index in [2.05, 4.69) is 26.6 Å². The van der Waals surface area contributed by atoms with Crippen molar-refractivity contribution in [2.24, 2.45) is 4.99 Å². The maximum atomic E-state index is 10.6. The first-order valence-corrected chi connectivity index (χ1v) is 11.3. The van der Waals surface area contributed by atoms with E-state index in [-0.39, 0.29) is 6.10 Å². The van der Waals surface area contributed by atoms with Gasteiger partial charge in [0.05, 0.1) is 32.0 Å². The number of morpholine rings is 1. The number of aromatic nitrogens is 1. The SMILES string of the molecule is CCNC(=NCc1cccnc1N1CCOCC1)NCC(O)c1ccc(OC(C)C)cc1. The van der Waals surface area contributed by atoms with E-state index in [1.54, 1.807) is 0 Å². The topological polar surface area (TPSA) is 91.2 Å². The molecular formula is C24H35N5O3. The summed E-state index contributed by atoms with van der Waals surface area (Å²) in [5.41, 5.74) is 1.89. The van der Waals surface area contributed by atoms with Crippen molar-refractivity contribution in [2.75, 3.05) is 44.3 Å². The van der Waals surface area contributed by atoms with Crippen LogP contribution in [0.4, 0.5) is 5.82 Å². The average Bonchev–Trinajstić information content (AvgIpc) is 2.81. The summed E-state index contributed by atoms with van der Waals surface area (Å²) in [7, 11) is 0. The van der Waals surface area contributed by atoms with Crippen molar-refractivity contribution in [2.45, 2.75) is 39.5 Å². The number of nitrogens with zero attached hydrogens (tertiary/aromatic N) is 3. The predicted octanol–water partition coefficient (Wildman–Crippen LogP) is 2.49. The minimum absolute atomic E-state index is 0.120. The highest BCUT2D eigenvalue weighted by molar-refractivity contribution is 5.79. The number of aliphatic imine (C=N–C) groups is 1. The third kappa shape index (κ3) is 7.10. The highest BCUT2D eigenvalue weighted by atomic mass is 16.5. The number of anilines is 1. The summed E-state index contributed by atoms with van der Waals surface area (Å²) in [6.45, 7) is 10.7. The molecule has 0 bridgehead atoms. The molecule has 0 saturated carbocycles. The number of guanidine groups is 1. The Hall–Kier alpha value is -2.84. The number of rotatable bonds is 9. The number of aliphatic hydroxyl groups excluding tert-OH is 1. The minimum Gasteiger partial charge on any atom is -0.491 e. The lowest BCUT2D eigenvalue weighted by Crippen LogP contribution is -2.39. The lowest BCUT2D eigenvalue weighted by Gasteiger charge is -2.29. The van der Waals surface area contributed by atoms with Gasteiger partial charge in [0.1, 0.15) is 11.6 Å². The molecule has 1 saturated heterocycles. The van der Waals surface area contributed by atoms with E-state index in [1.165, 1.54) is 0 Å². The molecule has 3 rings (SSSR count). The van der Waals surface area contributed by atoms with Crippen LogP contribution in [0.15, 0.2) is 47.6 Å². The molecule has 32 heavy (non-hydrogen) atoms. The number of pyridine rings is 1. The zero-order chi connectivity index (χ0) is 22.8. The number of hydrogen-bond donors (Lipinski definition) is 3. The third-order valence-corrected chi connectivity index (χ3v) is 5.03. The van der Waals surface area contributed by atoms with E-state index in [4.69, 9.17) is 14.5 Å². The van der Waals surface area contributed by atoms with Crippen LogP contribution in [0.5, 0.6) is 5.75 Å². The van der Waals surface area contributed by atoms with Gasteiger partial charge in [0.2, 0.25) is 0 Å². The van der Waals surface area contributed by atoms with Crippen LogP contribution < -0.4 is 20.3 Å². The normalized spacial score (nSPS) is 15.5. The highest BCUT2D eigenvalue weighted by Gasteiger charge is 2.16. The Kier molecular flexibility index (Phi) is 9.13. The first kappa shape index (κ1) is 23.8. The van der Waals surface area contributed by atoms with Crippen LogP contribution in [0.25, 0.3) is 0 Å². The molecule has 1 aromatic carbocycles. The Balaban J connectivity index is 1.60. The Morgan fingerprint density at radius 3 is 2.62 bits per heavy atom. The second-order valence-corrected chi connectivity index (χ2v) is 7.91. The second kappa shape index (κ2) is 12.3. The van der Waals surface area contributed by atoms with Gasteiger partial charge < -0.3 is 30.1 Å². The van der Waals surface area contributed by atoms with Crippen LogP contribution in [0.3, 0.4) is 0 Å². The Labute approximate surface area is 190 Å². The standard InChI is InChI=1S/C24H35N5O3/c1-4-25-24(28-17-22(30)19-7-9-21(10-8-19)32-18(2)3)27-16-20-6-5-11-26-23(20)29-12-14-31-15-13-29/h5-11,18,22,30H,4,12-17H2,1-3H3,(H2,25,27,28). The monoisotopic (exact) mass is 441 g/mol. The molecule has 3 N–H and O–H groups in total. The molecule has 1 aromatic heterocycles. The smallest absolute Gasteiger partial charge is 0.191 e. The van der Waals surface area contributed by atoms with Crippen molar-refractivity contribution < 1.29 is 14.6 Å². The molecule has 0 radical (unpaired) electrons. The van der Waals surface area contributed by atoms with Crippen molar-refractivity contribution in [1.82, 2.24) is 15.6 Å². The maximum absolute atomic E-state index is 10.6. The minimum atomic E-state index is -0.658. The largest absolute Gasteiger partial charge is 0.491 e. The summed E-state index contributed by atoms with van der Waals surface area (Å²) < 4.78 is 11.1. The molecular weight excluding hydrogens is 406 g/mol. The second-order valence-electron chi connectivity index (χ2n) is 7.91. The number of aliphatic hydroxyl groups is 1. The Morgan fingerprint density at radius 1 is 1.19 bits per heavy atom. The van der Waals surface area contributed by atoms with E-state index >= 15 is 0 Å². The average molecular weight is 442 g/mol. The van der Waals surface area contributed by atoms with Gasteiger partial charge in [-0.2, -0.15) is 0 Å². The molecule has 8 heteroatoms. The summed E-state index contributed by atoms with van der Waals surface area (Å²) >= 11 is 0. The molecule has 0 spiro atoms. The van der Waals surface area contributed by atoms with Gasteiger partial charge in [0.25, 0.3) is 0 Å². The van der Waals surface area contributed by atoms with Crippen molar-refractivity contribution in [3.63, 3.8) is 0 Å². The molecule has 1 aliphatic rings. The van der Waals surface area contributed by atoms with Gasteiger partial charge in [-0.1, -0.05) is 18.2 Å². The lowest BCUT2D eigenvalue weighted by molar-refractivity contribution is 0.122. The number of hydrogen-bond acceptors (Lipinski definition) is 6. The Bertz CT molecular complexity index is 851. The summed E-state index contributed by atoms with van der Waals surface area (Å²) in [5, 5.41) is 17.1. The number of nitrogens with one attached hydrogen (secondary N) is 2. The molecule has 0 aliphatic carbocycles. The molecule has 0 amide bonds. The fraction of sp³-hybridized carbons (Fsp3) is 0.500. The fourth-order valence-electron chi connectivity index (χ4n) is 3.47. The number of ether oxygens (including phenoxy) is 2. The van der Waals surface area contributed by atoms with Crippen LogP contribution in [0, 0.1) is 0 Å². The molecule has 1 atom stereocenters. The third-order valence-electron chi connectivity index (χ3n) is 5.03. The molecule has 1 unspecified atom stereocenters. The Morgan fingerprint density at radius 2 is 1.94 bits per heavy atom. The van der Waals surface area contributed by atoms with Gasteiger partial charge in [-0.05, 0) is 44.5 Å². The van der Waals surface area contributed by atoms with Gasteiger partial charge in [-0.3, -0.25) is 0 Å². The van der Waals surface area contributed by atoms with Crippen LogP contribution in [0.1, 0.15) is 38.0 Å². The van der Waals surface area contributed by atoms with E-state index in [1.807, 2.05) is 57.3 Å². The van der Waals surface area contributed by atoms with Crippen LogP contribution >= 0.6 is 0 Å². The maximum Gasteiger partial charge on any atom is 0.191 e. The molecule has 2 heterocycles. The van der Waals surface area contributed by atoms with Crippen molar-refractivity contribution in [1.29, 1.82) is 0 Å². The summed E-state index contributed by atoms with van der Waals surface area (Å²) in [5.74, 6) is 2.41. The molecule has 1 aliphatic heterocycles. The molecule has 174 valence electrons. The predicted molar refractivity (Wildman–Crippen MR) is 127 cm³/mol.